The zero-order chi connectivity index (χ0) is 17.8. The predicted octanol–water partition coefficient (Wildman–Crippen LogP) is 4.06. The normalized spacial score (nSPS) is 13.2. The molecule has 25 heavy (non-hydrogen) atoms. The van der Waals surface area contributed by atoms with Crippen LogP contribution in [0.1, 0.15) is 34.4 Å². The maximum atomic E-state index is 12.2. The minimum Gasteiger partial charge on any atom is -0.313 e. The third-order valence-corrected chi connectivity index (χ3v) is 5.24. The van der Waals surface area contributed by atoms with Gasteiger partial charge in [-0.15, -0.1) is 11.3 Å². The number of aryl methyl sites for hydroxylation is 1. The Morgan fingerprint density at radius 3 is 2.92 bits per heavy atom. The van der Waals surface area contributed by atoms with Gasteiger partial charge in [0.15, 0.2) is 0 Å². The van der Waals surface area contributed by atoms with Gasteiger partial charge < -0.3 is 5.32 Å². The lowest BCUT2D eigenvalue weighted by Crippen LogP contribution is -2.07. The molecule has 0 radical (unpaired) electrons. The third-order valence-electron chi connectivity index (χ3n) is 4.03. The zero-order valence-electron chi connectivity index (χ0n) is 13.3. The van der Waals surface area contributed by atoms with Crippen LogP contribution in [-0.4, -0.2) is 10.8 Å². The summed E-state index contributed by atoms with van der Waals surface area (Å²) in [6.45, 7) is 0. The maximum absolute atomic E-state index is 12.2. The van der Waals surface area contributed by atoms with Crippen molar-refractivity contribution < 1.29 is 9.72 Å². The number of nitro groups is 1. The number of hydrogen-bond donors (Lipinski definition) is 1. The third kappa shape index (κ3) is 3.75. The van der Waals surface area contributed by atoms with Crippen LogP contribution in [0.15, 0.2) is 30.3 Å². The summed E-state index contributed by atoms with van der Waals surface area (Å²) < 4.78 is 0. The number of nitro benzene ring substituents is 1. The van der Waals surface area contributed by atoms with Gasteiger partial charge in [0.25, 0.3) is 5.69 Å². The summed E-state index contributed by atoms with van der Waals surface area (Å²) in [5.74, 6) is -0.360. The fraction of sp³-hybridized carbons (Fsp3) is 0.222. The summed E-state index contributed by atoms with van der Waals surface area (Å²) in [5, 5.41) is 23.5. The van der Waals surface area contributed by atoms with E-state index in [1.54, 1.807) is 12.1 Å². The molecule has 0 saturated heterocycles. The second-order valence-electron chi connectivity index (χ2n) is 5.70. The first-order chi connectivity index (χ1) is 12.1. The summed E-state index contributed by atoms with van der Waals surface area (Å²) in [5.41, 5.74) is 2.17. The lowest BCUT2D eigenvalue weighted by atomic mass is 9.96. The molecule has 1 heterocycles. The number of thiophene rings is 1. The van der Waals surface area contributed by atoms with Gasteiger partial charge in [-0.1, -0.05) is 12.1 Å². The van der Waals surface area contributed by atoms with Crippen LogP contribution in [0.3, 0.4) is 0 Å². The topological polar surface area (TPSA) is 96.0 Å². The highest BCUT2D eigenvalue weighted by molar-refractivity contribution is 7.16. The molecule has 6 nitrogen and oxygen atoms in total. The predicted molar refractivity (Wildman–Crippen MR) is 96.4 cm³/mol. The summed E-state index contributed by atoms with van der Waals surface area (Å²) in [7, 11) is 0. The van der Waals surface area contributed by atoms with Crippen molar-refractivity contribution in [2.75, 3.05) is 5.32 Å². The Kier molecular flexibility index (Phi) is 4.91. The van der Waals surface area contributed by atoms with Gasteiger partial charge in [-0.2, -0.15) is 5.26 Å². The van der Waals surface area contributed by atoms with E-state index in [1.165, 1.54) is 40.5 Å². The molecule has 1 aliphatic carbocycles. The minimum absolute atomic E-state index is 0.0275. The molecule has 0 fully saturated rings. The average molecular weight is 353 g/mol. The molecule has 126 valence electrons. The number of nitrogens with zero attached hydrogens (tertiary/aromatic N) is 2. The van der Waals surface area contributed by atoms with Crippen molar-refractivity contribution in [3.63, 3.8) is 0 Å². The Morgan fingerprint density at radius 1 is 1.36 bits per heavy atom. The highest BCUT2D eigenvalue weighted by Crippen LogP contribution is 2.37. The van der Waals surface area contributed by atoms with E-state index >= 15 is 0 Å². The van der Waals surface area contributed by atoms with Gasteiger partial charge in [0.2, 0.25) is 5.91 Å². The number of rotatable bonds is 4. The quantitative estimate of drug-likeness (QED) is 0.509. The largest absolute Gasteiger partial charge is 0.313 e. The lowest BCUT2D eigenvalue weighted by Gasteiger charge is -2.09. The van der Waals surface area contributed by atoms with Gasteiger partial charge in [0.05, 0.1) is 10.5 Å². The number of nitriles is 1. The highest BCUT2D eigenvalue weighted by Gasteiger charge is 2.21. The van der Waals surface area contributed by atoms with Crippen molar-refractivity contribution in [2.45, 2.75) is 25.7 Å². The molecule has 0 spiro atoms. The van der Waals surface area contributed by atoms with E-state index in [0.717, 1.165) is 31.2 Å². The van der Waals surface area contributed by atoms with Crippen LogP contribution >= 0.6 is 11.3 Å². The standard InChI is InChI=1S/C18H15N3O3S/c19-11-15-14-6-1-2-7-16(14)25-18(15)20-17(22)9-8-12-4-3-5-13(10-12)21(23)24/h3-5,8-10H,1-2,6-7H2,(H,20,22)/b9-8+. The van der Waals surface area contributed by atoms with E-state index in [1.807, 2.05) is 0 Å². The van der Waals surface area contributed by atoms with E-state index in [-0.39, 0.29) is 11.6 Å². The zero-order valence-corrected chi connectivity index (χ0v) is 14.1. The van der Waals surface area contributed by atoms with Crippen molar-refractivity contribution in [1.82, 2.24) is 0 Å². The Hall–Kier alpha value is -2.98. The van der Waals surface area contributed by atoms with Crippen molar-refractivity contribution >= 4 is 34.0 Å². The smallest absolute Gasteiger partial charge is 0.270 e. The molecule has 1 aromatic heterocycles. The van der Waals surface area contributed by atoms with Gasteiger partial charge in [-0.25, -0.2) is 0 Å². The van der Waals surface area contributed by atoms with Crippen molar-refractivity contribution in [1.29, 1.82) is 5.26 Å². The number of fused-ring (bicyclic) bond motifs is 1. The molecule has 1 aliphatic rings. The van der Waals surface area contributed by atoms with Gasteiger partial charge >= 0.3 is 0 Å². The molecule has 2 aromatic rings. The molecule has 0 bridgehead atoms. The van der Waals surface area contributed by atoms with Crippen LogP contribution in [0.25, 0.3) is 6.08 Å². The van der Waals surface area contributed by atoms with E-state index in [2.05, 4.69) is 11.4 Å². The molecule has 0 aliphatic heterocycles. The first kappa shape index (κ1) is 16.9. The van der Waals surface area contributed by atoms with Crippen LogP contribution in [0.5, 0.6) is 0 Å². The minimum atomic E-state index is -0.479. The summed E-state index contributed by atoms with van der Waals surface area (Å²) >= 11 is 1.47. The number of carbonyl (C=O) groups is 1. The Labute approximate surface area is 148 Å². The molecule has 1 amide bonds. The molecular weight excluding hydrogens is 338 g/mol. The second kappa shape index (κ2) is 7.28. The number of carbonyl (C=O) groups excluding carboxylic acids is 1. The molecule has 1 aromatic carbocycles. The van der Waals surface area contributed by atoms with Gasteiger partial charge in [-0.05, 0) is 42.9 Å². The fourth-order valence-electron chi connectivity index (χ4n) is 2.84. The molecule has 1 N–H and O–H groups in total. The summed E-state index contributed by atoms with van der Waals surface area (Å²) in [6.07, 6.45) is 6.85. The first-order valence-electron chi connectivity index (χ1n) is 7.86. The number of anilines is 1. The second-order valence-corrected chi connectivity index (χ2v) is 6.81. The van der Waals surface area contributed by atoms with Gasteiger partial charge in [-0.3, -0.25) is 14.9 Å². The van der Waals surface area contributed by atoms with Crippen LogP contribution < -0.4 is 5.32 Å². The molecule has 0 atom stereocenters. The molecule has 0 saturated carbocycles. The number of benzene rings is 1. The van der Waals surface area contributed by atoms with Crippen LogP contribution in [0, 0.1) is 21.4 Å². The lowest BCUT2D eigenvalue weighted by molar-refractivity contribution is -0.384. The molecular formula is C18H15N3O3S. The van der Waals surface area contributed by atoms with E-state index in [0.29, 0.717) is 16.1 Å². The molecule has 3 rings (SSSR count). The maximum Gasteiger partial charge on any atom is 0.270 e. The number of non-ortho nitro benzene ring substituents is 1. The SMILES string of the molecule is N#Cc1c(NC(=O)/C=C/c2cccc([N+](=O)[O-])c2)sc2c1CCCC2. The molecule has 0 unspecified atom stereocenters. The average Bonchev–Trinajstić information content (AvgIpc) is 2.97. The van der Waals surface area contributed by atoms with Crippen molar-refractivity contribution in [2.24, 2.45) is 0 Å². The van der Waals surface area contributed by atoms with Crippen LogP contribution in [0.2, 0.25) is 0 Å². The first-order valence-corrected chi connectivity index (χ1v) is 8.68. The number of amides is 1. The number of nitrogens with one attached hydrogen (secondary N) is 1. The highest BCUT2D eigenvalue weighted by atomic mass is 32.1. The van der Waals surface area contributed by atoms with Crippen LogP contribution in [-0.2, 0) is 17.6 Å². The Morgan fingerprint density at radius 2 is 2.16 bits per heavy atom. The number of hydrogen-bond acceptors (Lipinski definition) is 5. The monoisotopic (exact) mass is 353 g/mol. The van der Waals surface area contributed by atoms with E-state index in [4.69, 9.17) is 0 Å². The summed E-state index contributed by atoms with van der Waals surface area (Å²) in [4.78, 5) is 23.6. The molecule has 7 heteroatoms. The van der Waals surface area contributed by atoms with Crippen LogP contribution in [0.4, 0.5) is 10.7 Å². The van der Waals surface area contributed by atoms with Crippen molar-refractivity contribution in [3.05, 3.63) is 62.0 Å². The Balaban J connectivity index is 1.75. The fourth-order valence-corrected chi connectivity index (χ4v) is 4.08. The van der Waals surface area contributed by atoms with Gasteiger partial charge in [0, 0.05) is 23.1 Å². The Bertz CT molecular complexity index is 909. The van der Waals surface area contributed by atoms with Crippen molar-refractivity contribution in [3.8, 4) is 6.07 Å². The summed E-state index contributed by atoms with van der Waals surface area (Å²) in [6, 6.07) is 8.24. The van der Waals surface area contributed by atoms with E-state index < -0.39 is 4.92 Å². The van der Waals surface area contributed by atoms with Gasteiger partial charge in [0.1, 0.15) is 11.1 Å². The van der Waals surface area contributed by atoms with E-state index in [9.17, 15) is 20.2 Å².